The Morgan fingerprint density at radius 1 is 0.974 bits per heavy atom. The summed E-state index contributed by atoms with van der Waals surface area (Å²) < 4.78 is 17.9. The van der Waals surface area contributed by atoms with E-state index in [1.165, 1.54) is 6.20 Å². The molecule has 198 valence electrons. The Balaban J connectivity index is 1.52. The summed E-state index contributed by atoms with van der Waals surface area (Å²) in [6, 6.07) is 27.1. The van der Waals surface area contributed by atoms with Gasteiger partial charge in [-0.2, -0.15) is 0 Å². The first-order valence-corrected chi connectivity index (χ1v) is 12.6. The summed E-state index contributed by atoms with van der Waals surface area (Å²) in [4.78, 5) is 17.1. The Bertz CT molecular complexity index is 1490. The highest BCUT2D eigenvalue weighted by atomic mass is 16.5. The fourth-order valence-electron chi connectivity index (χ4n) is 6.07. The van der Waals surface area contributed by atoms with Crippen molar-refractivity contribution in [1.82, 2.24) is 4.98 Å². The molecule has 8 heteroatoms. The first kappa shape index (κ1) is 24.9. The Morgan fingerprint density at radius 3 is 2.28 bits per heavy atom. The lowest BCUT2D eigenvalue weighted by Gasteiger charge is -2.40. The molecule has 0 amide bonds. The van der Waals surface area contributed by atoms with Crippen LogP contribution in [-0.2, 0) is 22.6 Å². The van der Waals surface area contributed by atoms with Crippen molar-refractivity contribution in [1.29, 1.82) is 0 Å². The summed E-state index contributed by atoms with van der Waals surface area (Å²) in [6.45, 7) is 0.297. The van der Waals surface area contributed by atoms with E-state index in [1.54, 1.807) is 61.7 Å². The number of pyridine rings is 1. The minimum atomic E-state index is -2.18. The molecule has 5 atom stereocenters. The number of ether oxygens (including phenoxy) is 3. The highest BCUT2D eigenvalue weighted by Gasteiger charge is 2.78. The van der Waals surface area contributed by atoms with Gasteiger partial charge in [-0.25, -0.2) is 0 Å². The lowest BCUT2D eigenvalue weighted by Crippen LogP contribution is -2.52. The van der Waals surface area contributed by atoms with Crippen LogP contribution in [0.15, 0.2) is 97.2 Å². The van der Waals surface area contributed by atoms with E-state index in [-0.39, 0.29) is 11.4 Å². The Morgan fingerprint density at radius 2 is 1.64 bits per heavy atom. The quantitative estimate of drug-likeness (QED) is 0.331. The molecule has 6 rings (SSSR count). The summed E-state index contributed by atoms with van der Waals surface area (Å²) >= 11 is 0. The van der Waals surface area contributed by atoms with Crippen molar-refractivity contribution in [3.8, 4) is 17.2 Å². The smallest absolute Gasteiger partial charge is 0.310 e. The monoisotopic (exact) mass is 525 g/mol. The van der Waals surface area contributed by atoms with Gasteiger partial charge >= 0.3 is 5.97 Å². The number of benzene rings is 3. The maximum absolute atomic E-state index is 12.6. The molecule has 1 aliphatic carbocycles. The number of methoxy groups -OCH3 is 1. The van der Waals surface area contributed by atoms with E-state index < -0.39 is 35.1 Å². The number of aliphatic hydroxyl groups excluding tert-OH is 1. The molecule has 1 unspecified atom stereocenters. The summed E-state index contributed by atoms with van der Waals surface area (Å²) in [6.07, 6.45) is -0.280. The second kappa shape index (κ2) is 9.41. The Labute approximate surface area is 225 Å². The minimum Gasteiger partial charge on any atom is -0.497 e. The lowest BCUT2D eigenvalue weighted by molar-refractivity contribution is -0.160. The van der Waals surface area contributed by atoms with Crippen molar-refractivity contribution in [3.05, 3.63) is 120 Å². The average molecular weight is 526 g/mol. The van der Waals surface area contributed by atoms with Gasteiger partial charge in [-0.3, -0.25) is 9.78 Å². The average Bonchev–Trinajstić information content (AvgIpc) is 3.35. The van der Waals surface area contributed by atoms with Crippen molar-refractivity contribution in [2.24, 2.45) is 5.92 Å². The minimum absolute atomic E-state index is 0.0579. The van der Waals surface area contributed by atoms with Gasteiger partial charge in [-0.15, -0.1) is 0 Å². The Kier molecular flexibility index (Phi) is 6.01. The second-order valence-corrected chi connectivity index (χ2v) is 9.82. The van der Waals surface area contributed by atoms with Gasteiger partial charge in [0.1, 0.15) is 35.7 Å². The fraction of sp³-hybridized carbons (Fsp3) is 0.226. The number of aliphatic hydroxyl groups is 2. The van der Waals surface area contributed by atoms with Crippen molar-refractivity contribution in [2.45, 2.75) is 29.8 Å². The van der Waals surface area contributed by atoms with Crippen LogP contribution in [0.4, 0.5) is 0 Å². The molecule has 1 saturated carbocycles. The zero-order chi connectivity index (χ0) is 27.2. The van der Waals surface area contributed by atoms with Crippen LogP contribution >= 0.6 is 0 Å². The zero-order valence-corrected chi connectivity index (χ0v) is 21.1. The normalized spacial score (nSPS) is 26.8. The fourth-order valence-corrected chi connectivity index (χ4v) is 6.07. The standard InChI is InChI=1S/C31H27NO7/c1-37-22-14-12-21(13-15-22)31-26(20-10-6-3-7-11-20)25(29(34)35)28(33)30(31,36)27-24(39-31)16-23(17-32-27)38-18-19-8-4-2-5-9-19/h2-17,25-26,28,33,36H,18H2,1H3,(H,34,35)/t25-,26-,28-,30?,31+/m1/s1. The number of carboxylic acid groups (broad SMARTS) is 1. The molecular formula is C31H27NO7. The number of carboxylic acids is 1. The number of rotatable bonds is 7. The molecule has 2 heterocycles. The number of hydrogen-bond acceptors (Lipinski definition) is 7. The van der Waals surface area contributed by atoms with Gasteiger partial charge in [0.05, 0.1) is 19.2 Å². The van der Waals surface area contributed by atoms with Crippen molar-refractivity contribution >= 4 is 5.97 Å². The number of aromatic nitrogens is 1. The third kappa shape index (κ3) is 3.67. The highest BCUT2D eigenvalue weighted by Crippen LogP contribution is 2.68. The van der Waals surface area contributed by atoms with Crippen LogP contribution in [0.5, 0.6) is 17.2 Å². The third-order valence-electron chi connectivity index (χ3n) is 7.80. The summed E-state index contributed by atoms with van der Waals surface area (Å²) in [5.74, 6) is -2.40. The number of hydrogen-bond donors (Lipinski definition) is 3. The van der Waals surface area contributed by atoms with Crippen LogP contribution in [0, 0.1) is 5.92 Å². The van der Waals surface area contributed by atoms with Gasteiger partial charge in [0.15, 0.2) is 11.2 Å². The highest BCUT2D eigenvalue weighted by molar-refractivity contribution is 5.76. The first-order valence-electron chi connectivity index (χ1n) is 12.6. The molecule has 3 aromatic carbocycles. The molecule has 0 spiro atoms. The molecule has 0 bridgehead atoms. The Hall–Kier alpha value is -4.40. The molecule has 3 N–H and O–H groups in total. The van der Waals surface area contributed by atoms with E-state index in [1.807, 2.05) is 36.4 Å². The van der Waals surface area contributed by atoms with Crippen molar-refractivity contribution < 1.29 is 34.3 Å². The molecule has 2 aliphatic rings. The van der Waals surface area contributed by atoms with E-state index in [9.17, 15) is 20.1 Å². The molecule has 1 aliphatic heterocycles. The van der Waals surface area contributed by atoms with E-state index in [0.717, 1.165) is 5.56 Å². The number of nitrogens with zero attached hydrogens (tertiary/aromatic N) is 1. The summed E-state index contributed by atoms with van der Waals surface area (Å²) in [5, 5.41) is 34.4. The summed E-state index contributed by atoms with van der Waals surface area (Å²) in [7, 11) is 1.54. The molecule has 0 radical (unpaired) electrons. The van der Waals surface area contributed by atoms with Gasteiger partial charge in [-0.1, -0.05) is 72.8 Å². The molecule has 8 nitrogen and oxygen atoms in total. The SMILES string of the molecule is COc1ccc([C@@]23Oc4cc(OCc5ccccc5)cnc4C2(O)[C@H](O)[C@H](C(=O)O)[C@H]3c2ccccc2)cc1. The number of aliphatic carboxylic acids is 1. The van der Waals surface area contributed by atoms with E-state index >= 15 is 0 Å². The van der Waals surface area contributed by atoms with Gasteiger partial charge in [-0.05, 0) is 28.8 Å². The van der Waals surface area contributed by atoms with Gasteiger partial charge in [0, 0.05) is 12.0 Å². The van der Waals surface area contributed by atoms with Gasteiger partial charge in [0.2, 0.25) is 0 Å². The predicted octanol–water partition coefficient (Wildman–Crippen LogP) is 4.00. The molecule has 0 saturated heterocycles. The van der Waals surface area contributed by atoms with Gasteiger partial charge < -0.3 is 29.5 Å². The predicted molar refractivity (Wildman–Crippen MR) is 141 cm³/mol. The lowest BCUT2D eigenvalue weighted by atomic mass is 9.71. The molecule has 39 heavy (non-hydrogen) atoms. The van der Waals surface area contributed by atoms with E-state index in [2.05, 4.69) is 4.98 Å². The van der Waals surface area contributed by atoms with Crippen LogP contribution in [-0.4, -0.2) is 39.5 Å². The van der Waals surface area contributed by atoms with Crippen LogP contribution in [0.1, 0.15) is 28.3 Å². The van der Waals surface area contributed by atoms with Crippen LogP contribution < -0.4 is 14.2 Å². The van der Waals surface area contributed by atoms with Crippen molar-refractivity contribution in [2.75, 3.05) is 7.11 Å². The van der Waals surface area contributed by atoms with Crippen LogP contribution in [0.3, 0.4) is 0 Å². The van der Waals surface area contributed by atoms with Crippen LogP contribution in [0.2, 0.25) is 0 Å². The first-order chi connectivity index (χ1) is 18.9. The van der Waals surface area contributed by atoms with E-state index in [0.29, 0.717) is 29.2 Å². The molecule has 4 aromatic rings. The van der Waals surface area contributed by atoms with E-state index in [4.69, 9.17) is 14.2 Å². The third-order valence-corrected chi connectivity index (χ3v) is 7.80. The summed E-state index contributed by atoms with van der Waals surface area (Å²) in [5.41, 5.74) is -1.79. The van der Waals surface area contributed by atoms with Crippen LogP contribution in [0.25, 0.3) is 0 Å². The topological polar surface area (TPSA) is 118 Å². The number of fused-ring (bicyclic) bond motifs is 3. The molecule has 1 aromatic heterocycles. The maximum atomic E-state index is 12.6. The maximum Gasteiger partial charge on any atom is 0.310 e. The second-order valence-electron chi connectivity index (χ2n) is 9.82. The molecular weight excluding hydrogens is 498 g/mol. The van der Waals surface area contributed by atoms with Gasteiger partial charge in [0.25, 0.3) is 0 Å². The van der Waals surface area contributed by atoms with Crippen molar-refractivity contribution in [3.63, 3.8) is 0 Å². The molecule has 1 fully saturated rings. The largest absolute Gasteiger partial charge is 0.497 e. The zero-order valence-electron chi connectivity index (χ0n) is 21.1. The number of carbonyl (C=O) groups is 1.